The molecule has 0 spiro atoms. The Hall–Kier alpha value is -2.95. The maximum absolute atomic E-state index is 14.1. The number of halogens is 1. The van der Waals surface area contributed by atoms with E-state index >= 15 is 0 Å². The monoisotopic (exact) mass is 783 g/mol. The Balaban J connectivity index is 1.74. The highest BCUT2D eigenvalue weighted by Gasteiger charge is 2.64. The molecule has 1 aromatic carbocycles. The maximum atomic E-state index is 14.1. The van der Waals surface area contributed by atoms with Crippen molar-refractivity contribution in [3.05, 3.63) is 46.5 Å². The topological polar surface area (TPSA) is 156 Å². The number of carbonyl (C=O) groups is 4. The van der Waals surface area contributed by atoms with Gasteiger partial charge in [0.05, 0.1) is 25.3 Å². The second-order valence-electron chi connectivity index (χ2n) is 13.6. The highest BCUT2D eigenvalue weighted by Crippen LogP contribution is 2.49. The maximum Gasteiger partial charge on any atom is 0.409 e. The highest BCUT2D eigenvalue weighted by atomic mass is 35.5. The molecule has 2 N–H and O–H groups in total. The van der Waals surface area contributed by atoms with Crippen LogP contribution in [0, 0.1) is 5.92 Å². The lowest BCUT2D eigenvalue weighted by Crippen LogP contribution is -2.63. The molecule has 3 unspecified atom stereocenters. The van der Waals surface area contributed by atoms with Crippen molar-refractivity contribution in [2.75, 3.05) is 45.2 Å². The number of carbonyl (C=O) groups excluding carboxylic acids is 4. The molecule has 0 radical (unpaired) electrons. The van der Waals surface area contributed by atoms with Crippen LogP contribution in [0.5, 0.6) is 5.75 Å². The van der Waals surface area contributed by atoms with Gasteiger partial charge >= 0.3 is 12.1 Å². The molecular formula is C36H50ClN3O10S2. The largest absolute Gasteiger partial charge is 0.495 e. The highest BCUT2D eigenvalue weighted by molar-refractivity contribution is 8.76. The van der Waals surface area contributed by atoms with Gasteiger partial charge in [0.15, 0.2) is 5.72 Å². The van der Waals surface area contributed by atoms with Gasteiger partial charge in [-0.3, -0.25) is 14.9 Å². The first kappa shape index (κ1) is 41.8. The Morgan fingerprint density at radius 3 is 2.63 bits per heavy atom. The summed E-state index contributed by atoms with van der Waals surface area (Å²) < 4.78 is 29.2. The minimum absolute atomic E-state index is 0.0452. The molecule has 0 saturated carbocycles. The van der Waals surface area contributed by atoms with E-state index in [0.29, 0.717) is 23.6 Å². The molecule has 2 fully saturated rings. The summed E-state index contributed by atoms with van der Waals surface area (Å²) in [7, 11) is 9.14. The normalized spacial score (nSPS) is 31.6. The number of esters is 1. The van der Waals surface area contributed by atoms with Crippen LogP contribution in [-0.2, 0) is 39.8 Å². The molecule has 1 aromatic rings. The molecular weight excluding hydrogens is 734 g/mol. The van der Waals surface area contributed by atoms with Crippen molar-refractivity contribution in [3.63, 3.8) is 0 Å². The Morgan fingerprint density at radius 1 is 1.27 bits per heavy atom. The molecule has 288 valence electrons. The van der Waals surface area contributed by atoms with Crippen LogP contribution >= 0.6 is 33.2 Å². The fourth-order valence-corrected chi connectivity index (χ4v) is 8.09. The number of nitrogens with one attached hydrogen (secondary N) is 1. The number of hydrogen-bond donors (Lipinski definition) is 2. The van der Waals surface area contributed by atoms with Gasteiger partial charge in [-0.05, 0) is 51.1 Å². The summed E-state index contributed by atoms with van der Waals surface area (Å²) in [4.78, 5) is 56.2. The molecule has 3 heterocycles. The van der Waals surface area contributed by atoms with Crippen LogP contribution in [-0.4, -0.2) is 116 Å². The SMILES string of the molecule is COc1cc2cc(c1Cl)N(C)C(=O)C[C@H](OC(=O)[C@H](C)N(C)C(=O)CCSSC)C1(C)OC1[C@H](C)C1C[C@@](O)(NC(=O)O1)[C@H](OC)/C=C/C=C(\C)C2. The first-order valence-electron chi connectivity index (χ1n) is 17.0. The lowest BCUT2D eigenvalue weighted by atomic mass is 9.83. The van der Waals surface area contributed by atoms with Crippen molar-refractivity contribution < 1.29 is 48.0 Å². The molecule has 3 aliphatic heterocycles. The fourth-order valence-electron chi connectivity index (χ4n) is 6.61. The Labute approximate surface area is 318 Å². The number of ether oxygens (including phenoxy) is 5. The van der Waals surface area contributed by atoms with E-state index in [2.05, 4.69) is 5.32 Å². The summed E-state index contributed by atoms with van der Waals surface area (Å²) in [5.41, 5.74) is -0.884. The molecule has 16 heteroatoms. The lowest BCUT2D eigenvalue weighted by molar-refractivity contribution is -0.161. The molecule has 4 bridgehead atoms. The minimum Gasteiger partial charge on any atom is -0.495 e. The number of methoxy groups -OCH3 is 2. The van der Waals surface area contributed by atoms with Crippen LogP contribution in [0.1, 0.15) is 52.5 Å². The zero-order valence-electron chi connectivity index (χ0n) is 31.1. The molecule has 0 aromatic heterocycles. The van der Waals surface area contributed by atoms with E-state index in [-0.39, 0.29) is 30.2 Å². The summed E-state index contributed by atoms with van der Waals surface area (Å²) in [5.74, 6) is -0.916. The Morgan fingerprint density at radius 2 is 1.98 bits per heavy atom. The second kappa shape index (κ2) is 17.5. The van der Waals surface area contributed by atoms with E-state index in [1.807, 2.05) is 19.3 Å². The van der Waals surface area contributed by atoms with Crippen molar-refractivity contribution in [2.45, 2.75) is 95.2 Å². The van der Waals surface area contributed by atoms with E-state index in [1.54, 1.807) is 73.7 Å². The number of rotatable bonds is 9. The van der Waals surface area contributed by atoms with Crippen LogP contribution in [0.4, 0.5) is 10.5 Å². The number of allylic oxidation sites excluding steroid dienone is 3. The molecule has 0 aliphatic carbocycles. The predicted molar refractivity (Wildman–Crippen MR) is 202 cm³/mol. The third-order valence-corrected chi connectivity index (χ3v) is 12.2. The van der Waals surface area contributed by atoms with Crippen molar-refractivity contribution >= 4 is 62.8 Å². The number of alkyl carbamates (subject to hydrolysis) is 1. The fraction of sp³-hybridized carbons (Fsp3) is 0.611. The van der Waals surface area contributed by atoms with Crippen molar-refractivity contribution in [1.29, 1.82) is 0 Å². The van der Waals surface area contributed by atoms with E-state index in [0.717, 1.165) is 11.1 Å². The van der Waals surface area contributed by atoms with Crippen molar-refractivity contribution in [2.24, 2.45) is 5.92 Å². The first-order valence-corrected chi connectivity index (χ1v) is 20.1. The molecule has 52 heavy (non-hydrogen) atoms. The van der Waals surface area contributed by atoms with Gasteiger partial charge in [-0.2, -0.15) is 0 Å². The van der Waals surface area contributed by atoms with Crippen LogP contribution in [0.3, 0.4) is 0 Å². The van der Waals surface area contributed by atoms with Gasteiger partial charge < -0.3 is 38.6 Å². The standard InChI is InChI=1S/C36H50ClN3O10S2/c1-20-11-10-12-27(47-8)36(45)19-26(48-34(44)38-36)21(2)32-35(4,50-32)28(49-33(43)22(3)39(5)29(41)13-14-52-51-9)18-30(42)40(6)24-16-23(15-20)17-25(46-7)31(24)37/h10-12,16-17,21-22,26-28,32,45H,13-15,18-19H2,1-9H3,(H,38,44)/b12-10+,20-11+/t21-,22+,26?,27-,28+,32?,35?,36+/m1/s1. The quantitative estimate of drug-likeness (QED) is 0.151. The number of fused-ring (bicyclic) bond motifs is 5. The number of amides is 3. The number of epoxide rings is 1. The average molecular weight is 784 g/mol. The zero-order valence-corrected chi connectivity index (χ0v) is 33.5. The molecule has 2 saturated heterocycles. The number of benzene rings is 1. The van der Waals surface area contributed by atoms with Crippen LogP contribution in [0.25, 0.3) is 0 Å². The van der Waals surface area contributed by atoms with Gasteiger partial charge in [0, 0.05) is 45.7 Å². The van der Waals surface area contributed by atoms with E-state index < -0.39 is 65.7 Å². The lowest BCUT2D eigenvalue weighted by Gasteiger charge is -2.42. The van der Waals surface area contributed by atoms with Crippen molar-refractivity contribution in [3.8, 4) is 5.75 Å². The van der Waals surface area contributed by atoms with Crippen LogP contribution in [0.15, 0.2) is 35.9 Å². The number of nitrogens with zero attached hydrogens (tertiary/aromatic N) is 2. The van der Waals surface area contributed by atoms with E-state index in [9.17, 15) is 24.3 Å². The van der Waals surface area contributed by atoms with E-state index in [1.165, 1.54) is 31.1 Å². The van der Waals surface area contributed by atoms with Gasteiger partial charge in [-0.15, -0.1) is 0 Å². The van der Waals surface area contributed by atoms with Crippen molar-refractivity contribution in [1.82, 2.24) is 10.2 Å². The number of likely N-dealkylation sites (N-methyl/N-ethyl adjacent to an activating group) is 1. The summed E-state index contributed by atoms with van der Waals surface area (Å²) in [6.45, 7) is 7.02. The molecule has 3 amide bonds. The van der Waals surface area contributed by atoms with Gasteiger partial charge in [-0.1, -0.05) is 63.9 Å². The molecule has 8 atom stereocenters. The Bertz CT molecular complexity index is 1580. The summed E-state index contributed by atoms with van der Waals surface area (Å²) in [6.07, 6.45) is 3.17. The summed E-state index contributed by atoms with van der Waals surface area (Å²) in [6, 6.07) is 2.63. The number of aliphatic hydroxyl groups is 1. The zero-order chi connectivity index (χ0) is 38.5. The first-order chi connectivity index (χ1) is 24.5. The van der Waals surface area contributed by atoms with Crippen LogP contribution in [0.2, 0.25) is 5.02 Å². The van der Waals surface area contributed by atoms with E-state index in [4.69, 9.17) is 35.3 Å². The summed E-state index contributed by atoms with van der Waals surface area (Å²) in [5, 5.41) is 14.5. The van der Waals surface area contributed by atoms with Gasteiger partial charge in [0.1, 0.15) is 40.7 Å². The summed E-state index contributed by atoms with van der Waals surface area (Å²) >= 11 is 6.75. The average Bonchev–Trinajstić information content (AvgIpc) is 3.80. The number of hydrogen-bond acceptors (Lipinski definition) is 12. The minimum atomic E-state index is -1.82. The predicted octanol–water partition coefficient (Wildman–Crippen LogP) is 4.92. The second-order valence-corrected chi connectivity index (χ2v) is 16.7. The molecule has 4 rings (SSSR count). The van der Waals surface area contributed by atoms with Gasteiger partial charge in [-0.25, -0.2) is 9.59 Å². The molecule has 13 nitrogen and oxygen atoms in total. The van der Waals surface area contributed by atoms with Crippen LogP contribution < -0.4 is 15.0 Å². The third kappa shape index (κ3) is 9.40. The number of anilines is 1. The molecule has 3 aliphatic rings. The van der Waals surface area contributed by atoms with Gasteiger partial charge in [0.25, 0.3) is 0 Å². The smallest absolute Gasteiger partial charge is 0.409 e. The van der Waals surface area contributed by atoms with Gasteiger partial charge in [0.2, 0.25) is 11.8 Å². The Kier molecular flexibility index (Phi) is 14.0. The third-order valence-electron chi connectivity index (χ3n) is 10.0.